The zero-order valence-corrected chi connectivity index (χ0v) is 9.80. The molecule has 2 rings (SSSR count). The summed E-state index contributed by atoms with van der Waals surface area (Å²) < 4.78 is 0. The molecule has 0 unspecified atom stereocenters. The summed E-state index contributed by atoms with van der Waals surface area (Å²) in [7, 11) is 0. The molecule has 0 N–H and O–H groups in total. The summed E-state index contributed by atoms with van der Waals surface area (Å²) in [4.78, 5) is 8.69. The van der Waals surface area contributed by atoms with Crippen molar-refractivity contribution in [2.24, 2.45) is 4.99 Å². The number of aromatic nitrogens is 1. The third-order valence-electron chi connectivity index (χ3n) is 2.68. The van der Waals surface area contributed by atoms with Crippen LogP contribution in [0.2, 0.25) is 5.02 Å². The quantitative estimate of drug-likeness (QED) is 0.734. The molecule has 1 aliphatic carbocycles. The Bertz CT molecular complexity index is 475. The van der Waals surface area contributed by atoms with E-state index in [0.717, 1.165) is 35.7 Å². The first-order valence-electron chi connectivity index (χ1n) is 5.26. The van der Waals surface area contributed by atoms with Crippen LogP contribution in [0.15, 0.2) is 36.5 Å². The van der Waals surface area contributed by atoms with E-state index in [2.05, 4.69) is 23.1 Å². The fourth-order valence-electron chi connectivity index (χ4n) is 1.95. The Morgan fingerprint density at radius 1 is 1.44 bits per heavy atom. The van der Waals surface area contributed by atoms with Gasteiger partial charge >= 0.3 is 0 Å². The highest BCUT2D eigenvalue weighted by Crippen LogP contribution is 2.28. The highest BCUT2D eigenvalue weighted by atomic mass is 35.5. The van der Waals surface area contributed by atoms with Crippen LogP contribution in [-0.2, 0) is 12.8 Å². The Morgan fingerprint density at radius 3 is 2.94 bits per heavy atom. The molecular weight excluding hydrogens is 220 g/mol. The van der Waals surface area contributed by atoms with E-state index in [4.69, 9.17) is 11.6 Å². The van der Waals surface area contributed by atoms with Gasteiger partial charge in [0, 0.05) is 16.9 Å². The highest BCUT2D eigenvalue weighted by molar-refractivity contribution is 6.32. The molecule has 0 bridgehead atoms. The summed E-state index contributed by atoms with van der Waals surface area (Å²) >= 11 is 6.22. The topological polar surface area (TPSA) is 25.2 Å². The second-order valence-corrected chi connectivity index (χ2v) is 4.08. The third kappa shape index (κ3) is 1.93. The molecule has 0 aromatic carbocycles. The van der Waals surface area contributed by atoms with Crippen LogP contribution in [0.25, 0.3) is 0 Å². The fourth-order valence-corrected chi connectivity index (χ4v) is 2.25. The first-order chi connectivity index (χ1) is 7.76. The van der Waals surface area contributed by atoms with Gasteiger partial charge in [0.15, 0.2) is 0 Å². The molecule has 0 fully saturated rings. The Kier molecular flexibility index (Phi) is 3.20. The molecule has 0 spiro atoms. The molecule has 0 saturated heterocycles. The summed E-state index contributed by atoms with van der Waals surface area (Å²) in [6, 6.07) is 1.86. The van der Waals surface area contributed by atoms with Gasteiger partial charge in [0.1, 0.15) is 0 Å². The van der Waals surface area contributed by atoms with Crippen molar-refractivity contribution in [2.75, 3.05) is 0 Å². The summed E-state index contributed by atoms with van der Waals surface area (Å²) in [6.45, 7) is 7.29. The van der Waals surface area contributed by atoms with Gasteiger partial charge in [-0.3, -0.25) is 9.98 Å². The zero-order valence-electron chi connectivity index (χ0n) is 9.04. The summed E-state index contributed by atoms with van der Waals surface area (Å²) in [5, 5.41) is 0.788. The van der Waals surface area contributed by atoms with Crippen molar-refractivity contribution in [1.82, 2.24) is 4.98 Å². The number of aryl methyl sites for hydroxylation is 1. The summed E-state index contributed by atoms with van der Waals surface area (Å²) in [6.07, 6.45) is 6.32. The molecule has 0 atom stereocenters. The van der Waals surface area contributed by atoms with E-state index in [1.165, 1.54) is 11.8 Å². The number of aliphatic imine (C=N–C) groups is 1. The van der Waals surface area contributed by atoms with Gasteiger partial charge in [0.25, 0.3) is 0 Å². The maximum Gasteiger partial charge on any atom is 0.0904 e. The highest BCUT2D eigenvalue weighted by Gasteiger charge is 2.17. The van der Waals surface area contributed by atoms with Gasteiger partial charge in [-0.2, -0.15) is 0 Å². The Labute approximate surface area is 100 Å². The molecule has 82 valence electrons. The Balaban J connectivity index is 2.51. The Hall–Kier alpha value is -1.41. The van der Waals surface area contributed by atoms with Gasteiger partial charge in [-0.25, -0.2) is 0 Å². The number of rotatable bonds is 3. The summed E-state index contributed by atoms with van der Waals surface area (Å²) in [5.41, 5.74) is 3.78. The molecule has 1 aromatic heterocycles. The van der Waals surface area contributed by atoms with Crippen LogP contribution < -0.4 is 0 Å². The number of halogens is 1. The van der Waals surface area contributed by atoms with Crippen molar-refractivity contribution in [3.63, 3.8) is 0 Å². The maximum absolute atomic E-state index is 6.22. The normalized spacial score (nSPS) is 14.7. The van der Waals surface area contributed by atoms with E-state index in [1.54, 1.807) is 6.08 Å². The molecule has 1 heterocycles. The Morgan fingerprint density at radius 2 is 2.25 bits per heavy atom. The van der Waals surface area contributed by atoms with Crippen LogP contribution in [0, 0.1) is 0 Å². The number of pyridine rings is 1. The molecule has 2 nitrogen and oxygen atoms in total. The first kappa shape index (κ1) is 11.1. The number of allylic oxidation sites excluding steroid dienone is 1. The molecule has 3 heteroatoms. The minimum absolute atomic E-state index is 0.714. The lowest BCUT2D eigenvalue weighted by Gasteiger charge is -2.06. The lowest BCUT2D eigenvalue weighted by Crippen LogP contribution is -2.03. The largest absolute Gasteiger partial charge is 0.255 e. The molecular formula is C13H13ClN2. The van der Waals surface area contributed by atoms with Crippen molar-refractivity contribution in [1.29, 1.82) is 0 Å². The van der Waals surface area contributed by atoms with E-state index in [-0.39, 0.29) is 0 Å². The molecule has 16 heavy (non-hydrogen) atoms. The number of fused-ring (bicyclic) bond motifs is 1. The van der Waals surface area contributed by atoms with Gasteiger partial charge < -0.3 is 0 Å². The smallest absolute Gasteiger partial charge is 0.0904 e. The minimum atomic E-state index is 0.714. The van der Waals surface area contributed by atoms with Crippen LogP contribution in [0.5, 0.6) is 0 Å². The molecule has 0 saturated carbocycles. The van der Waals surface area contributed by atoms with Gasteiger partial charge in [-0.1, -0.05) is 24.8 Å². The van der Waals surface area contributed by atoms with Gasteiger partial charge in [0.2, 0.25) is 0 Å². The molecule has 0 radical (unpaired) electrons. The molecule has 1 aliphatic rings. The third-order valence-corrected chi connectivity index (χ3v) is 3.02. The standard InChI is InChI=1S/C13H13ClN2/c1-3-11(15-4-2)13-8-10(14)9-6-5-7-12(9)16-13/h3-4,8H,1-2,5-7H2. The van der Waals surface area contributed by atoms with Gasteiger partial charge in [0.05, 0.1) is 11.4 Å². The fraction of sp³-hybridized carbons (Fsp3) is 0.231. The van der Waals surface area contributed by atoms with E-state index >= 15 is 0 Å². The zero-order chi connectivity index (χ0) is 11.5. The second-order valence-electron chi connectivity index (χ2n) is 3.67. The molecule has 0 aliphatic heterocycles. The minimum Gasteiger partial charge on any atom is -0.255 e. The predicted molar refractivity (Wildman–Crippen MR) is 68.2 cm³/mol. The van der Waals surface area contributed by atoms with Crippen molar-refractivity contribution >= 4 is 17.3 Å². The number of hydrogen-bond acceptors (Lipinski definition) is 2. The average Bonchev–Trinajstić information content (AvgIpc) is 2.74. The predicted octanol–water partition coefficient (Wildman–Crippen LogP) is 3.34. The lowest BCUT2D eigenvalue weighted by atomic mass is 10.1. The lowest BCUT2D eigenvalue weighted by molar-refractivity contribution is 0.899. The van der Waals surface area contributed by atoms with E-state index in [0.29, 0.717) is 5.71 Å². The maximum atomic E-state index is 6.22. The first-order valence-corrected chi connectivity index (χ1v) is 5.64. The number of hydrogen-bond donors (Lipinski definition) is 0. The van der Waals surface area contributed by atoms with Crippen molar-refractivity contribution in [2.45, 2.75) is 19.3 Å². The van der Waals surface area contributed by atoms with Gasteiger partial charge in [-0.15, -0.1) is 0 Å². The van der Waals surface area contributed by atoms with Crippen LogP contribution in [0.4, 0.5) is 0 Å². The number of nitrogens with zero attached hydrogens (tertiary/aromatic N) is 2. The van der Waals surface area contributed by atoms with Crippen molar-refractivity contribution in [3.05, 3.63) is 53.5 Å². The van der Waals surface area contributed by atoms with Crippen LogP contribution in [0.3, 0.4) is 0 Å². The van der Waals surface area contributed by atoms with E-state index < -0.39 is 0 Å². The summed E-state index contributed by atoms with van der Waals surface area (Å²) in [5.74, 6) is 0. The van der Waals surface area contributed by atoms with Crippen LogP contribution in [0.1, 0.15) is 23.4 Å². The van der Waals surface area contributed by atoms with Crippen LogP contribution >= 0.6 is 11.6 Å². The molecule has 0 amide bonds. The van der Waals surface area contributed by atoms with Crippen molar-refractivity contribution < 1.29 is 0 Å². The second kappa shape index (κ2) is 4.62. The van der Waals surface area contributed by atoms with Gasteiger partial charge in [-0.05, 0) is 37.0 Å². The molecule has 1 aromatic rings. The monoisotopic (exact) mass is 232 g/mol. The van der Waals surface area contributed by atoms with E-state index in [9.17, 15) is 0 Å². The SMILES string of the molecule is C=CN=C(C=C)c1cc(Cl)c2c(n1)CCC2. The van der Waals surface area contributed by atoms with Crippen LogP contribution in [-0.4, -0.2) is 10.7 Å². The average molecular weight is 233 g/mol. The van der Waals surface area contributed by atoms with E-state index in [1.807, 2.05) is 6.07 Å². The van der Waals surface area contributed by atoms with Crippen molar-refractivity contribution in [3.8, 4) is 0 Å².